The van der Waals surface area contributed by atoms with Crippen molar-refractivity contribution in [3.05, 3.63) is 70.2 Å². The molecular formula is C15H10FN5O2. The normalized spacial score (nSPS) is 11.2. The smallest absolute Gasteiger partial charge is 0.408 e. The topological polar surface area (TPSA) is 89.6 Å². The van der Waals surface area contributed by atoms with E-state index in [1.54, 1.807) is 0 Å². The molecular weight excluding hydrogens is 301 g/mol. The van der Waals surface area contributed by atoms with Gasteiger partial charge in [-0.1, -0.05) is 24.3 Å². The Morgan fingerprint density at radius 2 is 2.00 bits per heavy atom. The summed E-state index contributed by atoms with van der Waals surface area (Å²) in [7, 11) is 0. The Morgan fingerprint density at radius 1 is 1.17 bits per heavy atom. The Hall–Kier alpha value is -3.29. The maximum Gasteiger partial charge on any atom is 0.417 e. The molecule has 0 fully saturated rings. The average molecular weight is 311 g/mol. The van der Waals surface area contributed by atoms with Gasteiger partial charge in [-0.2, -0.15) is 0 Å². The summed E-state index contributed by atoms with van der Waals surface area (Å²) in [6.07, 6.45) is 0.155. The Kier molecular flexibility index (Phi) is 3.00. The van der Waals surface area contributed by atoms with E-state index in [1.807, 2.05) is 30.3 Å². The largest absolute Gasteiger partial charge is 0.417 e. The first-order valence-corrected chi connectivity index (χ1v) is 6.85. The van der Waals surface area contributed by atoms with Gasteiger partial charge in [-0.3, -0.25) is 4.98 Å². The van der Waals surface area contributed by atoms with E-state index >= 15 is 0 Å². The van der Waals surface area contributed by atoms with Crippen LogP contribution in [0.2, 0.25) is 0 Å². The lowest BCUT2D eigenvalue weighted by Gasteiger charge is -2.00. The maximum absolute atomic E-state index is 14.4. The lowest BCUT2D eigenvalue weighted by molar-refractivity contribution is 0.555. The van der Waals surface area contributed by atoms with Gasteiger partial charge in [-0.05, 0) is 29.0 Å². The molecule has 2 aromatic heterocycles. The monoisotopic (exact) mass is 311 g/mol. The van der Waals surface area contributed by atoms with Crippen molar-refractivity contribution in [1.29, 1.82) is 0 Å². The number of nitrogens with zero attached hydrogens (tertiary/aromatic N) is 4. The minimum absolute atomic E-state index is 0.0444. The molecule has 23 heavy (non-hydrogen) atoms. The first-order valence-electron chi connectivity index (χ1n) is 6.85. The highest BCUT2D eigenvalue weighted by Gasteiger charge is 2.14. The second-order valence-electron chi connectivity index (χ2n) is 4.93. The van der Waals surface area contributed by atoms with Crippen molar-refractivity contribution in [3.63, 3.8) is 0 Å². The molecule has 0 saturated carbocycles. The second-order valence-corrected chi connectivity index (χ2v) is 4.93. The van der Waals surface area contributed by atoms with Crippen LogP contribution < -0.4 is 5.76 Å². The Morgan fingerprint density at radius 3 is 2.83 bits per heavy atom. The zero-order chi connectivity index (χ0) is 15.8. The number of benzene rings is 2. The van der Waals surface area contributed by atoms with Gasteiger partial charge in [0.1, 0.15) is 5.52 Å². The number of hydrogen-bond acceptors (Lipinski definition) is 5. The van der Waals surface area contributed by atoms with Crippen LogP contribution >= 0.6 is 0 Å². The van der Waals surface area contributed by atoms with E-state index in [-0.39, 0.29) is 17.5 Å². The molecule has 8 heteroatoms. The summed E-state index contributed by atoms with van der Waals surface area (Å²) in [5, 5.41) is 12.1. The second kappa shape index (κ2) is 5.16. The molecule has 1 N–H and O–H groups in total. The van der Waals surface area contributed by atoms with Crippen LogP contribution in [0.3, 0.4) is 0 Å². The van der Waals surface area contributed by atoms with Gasteiger partial charge in [0.15, 0.2) is 17.2 Å². The van der Waals surface area contributed by atoms with E-state index in [9.17, 15) is 9.18 Å². The van der Waals surface area contributed by atoms with Crippen molar-refractivity contribution < 1.29 is 8.81 Å². The number of rotatable bonds is 3. The zero-order valence-corrected chi connectivity index (χ0v) is 11.7. The van der Waals surface area contributed by atoms with Gasteiger partial charge in [-0.15, -0.1) is 15.0 Å². The number of para-hydroxylation sites is 1. The fourth-order valence-corrected chi connectivity index (χ4v) is 2.32. The molecule has 2 aromatic carbocycles. The standard InChI is InChI=1S/C15H10FN5O2/c16-13-9(6-7-11-14(13)17-15(22)23-11)8-12-18-20-21(19-12)10-4-2-1-3-5-10/h1-7H,8H2,(H,17,22). The Labute approximate surface area is 128 Å². The fourth-order valence-electron chi connectivity index (χ4n) is 2.32. The van der Waals surface area contributed by atoms with Crippen LogP contribution in [0, 0.1) is 5.82 Å². The molecule has 114 valence electrons. The average Bonchev–Trinajstić information content (AvgIpc) is 3.18. The molecule has 0 aliphatic heterocycles. The molecule has 0 atom stereocenters. The number of aromatic nitrogens is 5. The molecule has 4 rings (SSSR count). The molecule has 0 aliphatic carbocycles. The van der Waals surface area contributed by atoms with Gasteiger partial charge in [-0.25, -0.2) is 9.18 Å². The van der Waals surface area contributed by atoms with E-state index in [2.05, 4.69) is 20.4 Å². The van der Waals surface area contributed by atoms with E-state index in [4.69, 9.17) is 4.42 Å². The summed E-state index contributed by atoms with van der Waals surface area (Å²) < 4.78 is 19.2. The highest BCUT2D eigenvalue weighted by Crippen LogP contribution is 2.19. The third kappa shape index (κ3) is 2.39. The molecule has 4 aromatic rings. The molecule has 0 bridgehead atoms. The zero-order valence-electron chi connectivity index (χ0n) is 11.7. The molecule has 0 radical (unpaired) electrons. The van der Waals surface area contributed by atoms with Crippen molar-refractivity contribution in [2.24, 2.45) is 0 Å². The minimum atomic E-state index is -0.691. The fraction of sp³-hybridized carbons (Fsp3) is 0.0667. The number of fused-ring (bicyclic) bond motifs is 1. The van der Waals surface area contributed by atoms with Crippen LogP contribution in [0.15, 0.2) is 51.7 Å². The van der Waals surface area contributed by atoms with Crippen molar-refractivity contribution >= 4 is 11.1 Å². The molecule has 0 saturated heterocycles. The highest BCUT2D eigenvalue weighted by atomic mass is 19.1. The van der Waals surface area contributed by atoms with E-state index < -0.39 is 11.6 Å². The van der Waals surface area contributed by atoms with Crippen molar-refractivity contribution in [1.82, 2.24) is 25.2 Å². The molecule has 0 aliphatic rings. The number of nitrogens with one attached hydrogen (secondary N) is 1. The predicted molar refractivity (Wildman–Crippen MR) is 78.8 cm³/mol. The van der Waals surface area contributed by atoms with Crippen LogP contribution in [0.4, 0.5) is 4.39 Å². The number of tetrazole rings is 1. The van der Waals surface area contributed by atoms with Gasteiger partial charge < -0.3 is 4.42 Å². The summed E-state index contributed by atoms with van der Waals surface area (Å²) in [5.41, 5.74) is 1.34. The van der Waals surface area contributed by atoms with Gasteiger partial charge in [0, 0.05) is 6.42 Å². The molecule has 7 nitrogen and oxygen atoms in total. The Balaban J connectivity index is 1.67. The van der Waals surface area contributed by atoms with Crippen molar-refractivity contribution in [2.75, 3.05) is 0 Å². The minimum Gasteiger partial charge on any atom is -0.408 e. The van der Waals surface area contributed by atoms with Crippen LogP contribution in [-0.2, 0) is 6.42 Å². The number of oxazole rings is 1. The van der Waals surface area contributed by atoms with Crippen LogP contribution in [0.1, 0.15) is 11.4 Å². The van der Waals surface area contributed by atoms with Gasteiger partial charge in [0.05, 0.1) is 5.69 Å². The molecule has 0 spiro atoms. The summed E-state index contributed by atoms with van der Waals surface area (Å²) in [5.74, 6) is -0.869. The summed E-state index contributed by atoms with van der Waals surface area (Å²) in [6.45, 7) is 0. The van der Waals surface area contributed by atoms with Gasteiger partial charge in [0.2, 0.25) is 0 Å². The highest BCUT2D eigenvalue weighted by molar-refractivity contribution is 5.73. The van der Waals surface area contributed by atoms with Crippen molar-refractivity contribution in [3.8, 4) is 5.69 Å². The molecule has 0 unspecified atom stereocenters. The van der Waals surface area contributed by atoms with Crippen LogP contribution in [0.5, 0.6) is 0 Å². The first-order chi connectivity index (χ1) is 11.2. The lowest BCUT2D eigenvalue weighted by Crippen LogP contribution is -2.00. The number of H-pyrrole nitrogens is 1. The molecule has 0 amide bonds. The Bertz CT molecular complexity index is 1030. The third-order valence-electron chi connectivity index (χ3n) is 3.40. The third-order valence-corrected chi connectivity index (χ3v) is 3.40. The number of hydrogen-bond donors (Lipinski definition) is 1. The SMILES string of the molecule is O=c1[nH]c2c(F)c(Cc3nnn(-c4ccccc4)n3)ccc2o1. The molecule has 2 heterocycles. The van der Waals surface area contributed by atoms with Crippen LogP contribution in [-0.4, -0.2) is 25.2 Å². The van der Waals surface area contributed by atoms with E-state index in [0.717, 1.165) is 5.69 Å². The maximum atomic E-state index is 14.4. The lowest BCUT2D eigenvalue weighted by atomic mass is 10.1. The summed E-state index contributed by atoms with van der Waals surface area (Å²) >= 11 is 0. The van der Waals surface area contributed by atoms with E-state index in [1.165, 1.54) is 16.9 Å². The first kappa shape index (κ1) is 13.4. The summed E-state index contributed by atoms with van der Waals surface area (Å²) in [6, 6.07) is 12.4. The predicted octanol–water partition coefficient (Wildman–Crippen LogP) is 1.83. The number of aromatic amines is 1. The van der Waals surface area contributed by atoms with Crippen LogP contribution in [0.25, 0.3) is 16.8 Å². The quantitative estimate of drug-likeness (QED) is 0.623. The van der Waals surface area contributed by atoms with Crippen molar-refractivity contribution in [2.45, 2.75) is 6.42 Å². The number of halogens is 1. The summed E-state index contributed by atoms with van der Waals surface area (Å²) in [4.78, 5) is 14.8. The van der Waals surface area contributed by atoms with E-state index in [0.29, 0.717) is 11.4 Å². The van der Waals surface area contributed by atoms with Gasteiger partial charge in [0.25, 0.3) is 0 Å². The van der Waals surface area contributed by atoms with Gasteiger partial charge >= 0.3 is 5.76 Å².